The molecule has 0 aromatic carbocycles. The van der Waals surface area contributed by atoms with E-state index in [2.05, 4.69) is 0 Å². The van der Waals surface area contributed by atoms with E-state index in [-0.39, 0.29) is 6.42 Å². The van der Waals surface area contributed by atoms with Crippen LogP contribution in [0.5, 0.6) is 0 Å². The maximum absolute atomic E-state index is 10.7. The molecule has 14 nitrogen and oxygen atoms in total. The fourth-order valence-corrected chi connectivity index (χ4v) is 4.27. The van der Waals surface area contributed by atoms with Crippen LogP contribution in [0.1, 0.15) is 13.3 Å². The summed E-state index contributed by atoms with van der Waals surface area (Å²) in [6.45, 7) is 0.252. The van der Waals surface area contributed by atoms with E-state index in [0.29, 0.717) is 0 Å². The molecule has 3 heterocycles. The van der Waals surface area contributed by atoms with E-state index in [0.717, 1.165) is 0 Å². The van der Waals surface area contributed by atoms with Crippen molar-refractivity contribution in [2.45, 2.75) is 99.4 Å². The highest BCUT2D eigenvalue weighted by Crippen LogP contribution is 2.32. The van der Waals surface area contributed by atoms with E-state index < -0.39 is 99.2 Å². The van der Waals surface area contributed by atoms with Gasteiger partial charge in [-0.25, -0.2) is 0 Å². The van der Waals surface area contributed by atoms with E-state index in [4.69, 9.17) is 28.4 Å². The van der Waals surface area contributed by atoms with E-state index in [9.17, 15) is 40.9 Å². The third-order valence-corrected chi connectivity index (χ3v) is 6.19. The Morgan fingerprint density at radius 2 is 1.24 bits per heavy atom. The zero-order chi connectivity index (χ0) is 24.4. The molecule has 3 aliphatic heterocycles. The van der Waals surface area contributed by atoms with Crippen LogP contribution in [-0.2, 0) is 28.4 Å². The lowest BCUT2D eigenvalue weighted by Gasteiger charge is -2.47. The summed E-state index contributed by atoms with van der Waals surface area (Å²) in [4.78, 5) is 0. The number of hydrogen-bond acceptors (Lipinski definition) is 14. The minimum absolute atomic E-state index is 0.100. The van der Waals surface area contributed by atoms with Gasteiger partial charge in [-0.1, -0.05) is 0 Å². The molecule has 3 aliphatic rings. The van der Waals surface area contributed by atoms with Gasteiger partial charge in [0.15, 0.2) is 18.9 Å². The second-order valence-electron chi connectivity index (χ2n) is 8.41. The van der Waals surface area contributed by atoms with Crippen molar-refractivity contribution in [1.82, 2.24) is 0 Å². The van der Waals surface area contributed by atoms with Gasteiger partial charge in [-0.2, -0.15) is 0 Å². The Balaban J connectivity index is 1.70. The standard InChI is InChI=1S/C19H34O14/c1-6-16(7(28-2)3-10(22)29-6)32-19-15(27)13(25)17(9(5-21)31-19)33-18-14(26)12(24)11(23)8(4-20)30-18/h6-27H,3-5H2,1-2H3. The lowest BCUT2D eigenvalue weighted by atomic mass is 9.96. The van der Waals surface area contributed by atoms with Crippen LogP contribution in [0, 0.1) is 0 Å². The average Bonchev–Trinajstić information content (AvgIpc) is 2.79. The molecule has 33 heavy (non-hydrogen) atoms. The molecule has 0 amide bonds. The minimum atomic E-state index is -1.76. The first kappa shape index (κ1) is 27.0. The Kier molecular flexibility index (Phi) is 9.38. The maximum atomic E-state index is 10.7. The second kappa shape index (κ2) is 11.5. The first-order chi connectivity index (χ1) is 15.6. The quantitative estimate of drug-likeness (QED) is 0.169. The van der Waals surface area contributed by atoms with Crippen LogP contribution in [0.3, 0.4) is 0 Å². The van der Waals surface area contributed by atoms with Crippen LogP contribution in [0.2, 0.25) is 0 Å². The van der Waals surface area contributed by atoms with Gasteiger partial charge in [-0.3, -0.25) is 0 Å². The molecule has 3 rings (SSSR count). The van der Waals surface area contributed by atoms with E-state index in [1.54, 1.807) is 6.92 Å². The van der Waals surface area contributed by atoms with Gasteiger partial charge in [0.2, 0.25) is 0 Å². The molecule has 14 heteroatoms. The van der Waals surface area contributed by atoms with Gasteiger partial charge in [0, 0.05) is 13.5 Å². The van der Waals surface area contributed by atoms with Gasteiger partial charge in [0.25, 0.3) is 0 Å². The molecule has 3 fully saturated rings. The van der Waals surface area contributed by atoms with Crippen molar-refractivity contribution >= 4 is 0 Å². The smallest absolute Gasteiger partial charge is 0.187 e. The molecule has 0 bridgehead atoms. The minimum Gasteiger partial charge on any atom is -0.394 e. The van der Waals surface area contributed by atoms with E-state index in [1.807, 2.05) is 0 Å². The van der Waals surface area contributed by atoms with Crippen molar-refractivity contribution in [3.63, 3.8) is 0 Å². The number of methoxy groups -OCH3 is 1. The molecular weight excluding hydrogens is 452 g/mol. The van der Waals surface area contributed by atoms with Gasteiger partial charge >= 0.3 is 0 Å². The van der Waals surface area contributed by atoms with E-state index in [1.165, 1.54) is 7.11 Å². The molecule has 0 saturated carbocycles. The molecule has 3 saturated heterocycles. The fraction of sp³-hybridized carbons (Fsp3) is 1.00. The first-order valence-corrected chi connectivity index (χ1v) is 10.7. The van der Waals surface area contributed by atoms with Crippen LogP contribution < -0.4 is 0 Å². The Morgan fingerprint density at radius 1 is 0.697 bits per heavy atom. The first-order valence-electron chi connectivity index (χ1n) is 10.7. The van der Waals surface area contributed by atoms with Crippen molar-refractivity contribution in [2.75, 3.05) is 20.3 Å². The Hall–Kier alpha value is -0.560. The Bertz CT molecular complexity index is 607. The SMILES string of the molecule is COC1CC(O)OC(C)C1OC1OC(CO)C(OC2OC(CO)C(O)C(O)C2O)C(O)C1O. The highest BCUT2D eigenvalue weighted by molar-refractivity contribution is 4.95. The summed E-state index contributed by atoms with van der Waals surface area (Å²) in [5.74, 6) is 0. The van der Waals surface area contributed by atoms with Gasteiger partial charge in [0.1, 0.15) is 54.9 Å². The normalized spacial score (nSPS) is 51.5. The van der Waals surface area contributed by atoms with Crippen LogP contribution in [0.4, 0.5) is 0 Å². The number of aliphatic hydroxyl groups is 8. The summed E-state index contributed by atoms with van der Waals surface area (Å²) in [7, 11) is 1.42. The second-order valence-corrected chi connectivity index (χ2v) is 8.41. The Labute approximate surface area is 189 Å². The number of rotatable bonds is 7. The predicted octanol–water partition coefficient (Wildman–Crippen LogP) is -4.86. The van der Waals surface area contributed by atoms with Crippen molar-refractivity contribution in [3.05, 3.63) is 0 Å². The van der Waals surface area contributed by atoms with Crippen LogP contribution in [-0.4, -0.2) is 147 Å². The molecule has 14 unspecified atom stereocenters. The zero-order valence-electron chi connectivity index (χ0n) is 18.2. The summed E-state index contributed by atoms with van der Waals surface area (Å²) >= 11 is 0. The lowest BCUT2D eigenvalue weighted by Crippen LogP contribution is -2.65. The predicted molar refractivity (Wildman–Crippen MR) is 103 cm³/mol. The molecule has 14 atom stereocenters. The van der Waals surface area contributed by atoms with Gasteiger partial charge in [-0.05, 0) is 6.92 Å². The molecule has 194 valence electrons. The van der Waals surface area contributed by atoms with Gasteiger partial charge < -0.3 is 69.3 Å². The molecule has 0 aromatic rings. The molecule has 8 N–H and O–H groups in total. The number of ether oxygens (including phenoxy) is 6. The zero-order valence-corrected chi connectivity index (χ0v) is 18.2. The monoisotopic (exact) mass is 486 g/mol. The summed E-state index contributed by atoms with van der Waals surface area (Å²) in [6, 6.07) is 0. The summed E-state index contributed by atoms with van der Waals surface area (Å²) in [5, 5.41) is 80.1. The lowest BCUT2D eigenvalue weighted by molar-refractivity contribution is -0.372. The summed E-state index contributed by atoms with van der Waals surface area (Å²) in [5.41, 5.74) is 0. The number of aliphatic hydroxyl groups excluding tert-OH is 8. The highest BCUT2D eigenvalue weighted by Gasteiger charge is 2.52. The van der Waals surface area contributed by atoms with Crippen LogP contribution >= 0.6 is 0 Å². The van der Waals surface area contributed by atoms with E-state index >= 15 is 0 Å². The third-order valence-electron chi connectivity index (χ3n) is 6.19. The topological polar surface area (TPSA) is 217 Å². The molecular formula is C19H34O14. The molecule has 0 radical (unpaired) electrons. The third kappa shape index (κ3) is 5.65. The molecule has 0 aliphatic carbocycles. The summed E-state index contributed by atoms with van der Waals surface area (Å²) in [6.07, 6.45) is -18.5. The largest absolute Gasteiger partial charge is 0.394 e. The summed E-state index contributed by atoms with van der Waals surface area (Å²) < 4.78 is 32.8. The van der Waals surface area contributed by atoms with Crippen molar-refractivity contribution in [1.29, 1.82) is 0 Å². The van der Waals surface area contributed by atoms with Crippen LogP contribution in [0.15, 0.2) is 0 Å². The fourth-order valence-electron chi connectivity index (χ4n) is 4.27. The van der Waals surface area contributed by atoms with Crippen molar-refractivity contribution in [2.24, 2.45) is 0 Å². The molecule has 0 spiro atoms. The average molecular weight is 486 g/mol. The van der Waals surface area contributed by atoms with Gasteiger partial charge in [-0.15, -0.1) is 0 Å². The highest BCUT2D eigenvalue weighted by atomic mass is 16.8. The van der Waals surface area contributed by atoms with Crippen molar-refractivity contribution < 1.29 is 69.3 Å². The Morgan fingerprint density at radius 3 is 1.82 bits per heavy atom. The van der Waals surface area contributed by atoms with Gasteiger partial charge in [0.05, 0.1) is 25.4 Å². The number of hydrogen-bond donors (Lipinski definition) is 8. The molecule has 0 aromatic heterocycles. The van der Waals surface area contributed by atoms with Crippen LogP contribution in [0.25, 0.3) is 0 Å². The van der Waals surface area contributed by atoms with Crippen molar-refractivity contribution in [3.8, 4) is 0 Å². The maximum Gasteiger partial charge on any atom is 0.187 e.